The van der Waals surface area contributed by atoms with Crippen LogP contribution in [0.4, 0.5) is 5.69 Å². The molecule has 2 N–H and O–H groups in total. The average molecular weight is 502 g/mol. The SMILES string of the molecule is CCC(C)c1ccc2oc(-c3ccc(NC(=S)NC(=O)c4cccc(OCC(C)C)c4)cc3)nc2c1. The third-order valence-corrected chi connectivity index (χ3v) is 6.09. The van der Waals surface area contributed by atoms with Crippen molar-refractivity contribution in [2.45, 2.75) is 40.0 Å². The highest BCUT2D eigenvalue weighted by Gasteiger charge is 2.12. The maximum Gasteiger partial charge on any atom is 0.257 e. The minimum absolute atomic E-state index is 0.209. The first-order valence-corrected chi connectivity index (χ1v) is 12.6. The molecule has 0 bridgehead atoms. The molecule has 0 aliphatic heterocycles. The van der Waals surface area contributed by atoms with Gasteiger partial charge in [-0.2, -0.15) is 0 Å². The number of hydrogen-bond acceptors (Lipinski definition) is 5. The first-order valence-electron chi connectivity index (χ1n) is 12.2. The molecule has 3 aromatic carbocycles. The van der Waals surface area contributed by atoms with Crippen molar-refractivity contribution in [3.63, 3.8) is 0 Å². The molecule has 36 heavy (non-hydrogen) atoms. The molecule has 6 nitrogen and oxygen atoms in total. The van der Waals surface area contributed by atoms with Gasteiger partial charge in [0.25, 0.3) is 5.91 Å². The highest BCUT2D eigenvalue weighted by atomic mass is 32.1. The Bertz CT molecular complexity index is 1360. The van der Waals surface area contributed by atoms with Crippen LogP contribution in [0.25, 0.3) is 22.6 Å². The lowest BCUT2D eigenvalue weighted by molar-refractivity contribution is 0.0977. The Morgan fingerprint density at radius 2 is 1.83 bits per heavy atom. The first kappa shape index (κ1) is 25.4. The van der Waals surface area contributed by atoms with Crippen LogP contribution in [0.15, 0.2) is 71.1 Å². The number of amides is 1. The van der Waals surface area contributed by atoms with Gasteiger partial charge in [-0.05, 0) is 90.6 Å². The second-order valence-corrected chi connectivity index (χ2v) is 9.68. The number of benzene rings is 3. The Balaban J connectivity index is 1.38. The molecule has 1 heterocycles. The molecule has 0 spiro atoms. The molecular formula is C29H31N3O3S. The van der Waals surface area contributed by atoms with Gasteiger partial charge < -0.3 is 14.5 Å². The summed E-state index contributed by atoms with van der Waals surface area (Å²) in [5.41, 5.74) is 4.95. The Kier molecular flexibility index (Phi) is 8.00. The number of aromatic nitrogens is 1. The number of rotatable bonds is 8. The summed E-state index contributed by atoms with van der Waals surface area (Å²) in [7, 11) is 0. The summed E-state index contributed by atoms with van der Waals surface area (Å²) >= 11 is 5.34. The van der Waals surface area contributed by atoms with Gasteiger partial charge in [0.1, 0.15) is 11.3 Å². The molecule has 0 fully saturated rings. The summed E-state index contributed by atoms with van der Waals surface area (Å²) in [6.45, 7) is 9.12. The first-order chi connectivity index (χ1) is 17.3. The van der Waals surface area contributed by atoms with E-state index in [2.05, 4.69) is 55.4 Å². The van der Waals surface area contributed by atoms with Crippen LogP contribution in [0.5, 0.6) is 5.75 Å². The number of nitrogens with one attached hydrogen (secondary N) is 2. The van der Waals surface area contributed by atoms with Crippen LogP contribution in [-0.2, 0) is 0 Å². The van der Waals surface area contributed by atoms with Crippen molar-refractivity contribution in [3.05, 3.63) is 77.9 Å². The van der Waals surface area contributed by atoms with Crippen LogP contribution in [0, 0.1) is 5.92 Å². The number of fused-ring (bicyclic) bond motifs is 1. The third kappa shape index (κ3) is 6.29. The summed E-state index contributed by atoms with van der Waals surface area (Å²) in [6, 6.07) is 20.8. The predicted octanol–water partition coefficient (Wildman–Crippen LogP) is 7.17. The van der Waals surface area contributed by atoms with E-state index in [0.717, 1.165) is 28.8 Å². The van der Waals surface area contributed by atoms with Crippen molar-refractivity contribution in [2.75, 3.05) is 11.9 Å². The van der Waals surface area contributed by atoms with Crippen molar-refractivity contribution in [3.8, 4) is 17.2 Å². The number of hydrogen-bond donors (Lipinski definition) is 2. The molecular weight excluding hydrogens is 470 g/mol. The predicted molar refractivity (Wildman–Crippen MR) is 149 cm³/mol. The topological polar surface area (TPSA) is 76.4 Å². The molecule has 1 amide bonds. The molecule has 1 aromatic heterocycles. The highest BCUT2D eigenvalue weighted by Crippen LogP contribution is 2.28. The molecule has 0 aliphatic rings. The minimum Gasteiger partial charge on any atom is -0.493 e. The summed E-state index contributed by atoms with van der Waals surface area (Å²) in [5.74, 6) is 1.79. The third-order valence-electron chi connectivity index (χ3n) is 5.89. The lowest BCUT2D eigenvalue weighted by Crippen LogP contribution is -2.34. The fourth-order valence-electron chi connectivity index (χ4n) is 3.63. The van der Waals surface area contributed by atoms with Crippen LogP contribution in [0.2, 0.25) is 0 Å². The van der Waals surface area contributed by atoms with Crippen molar-refractivity contribution in [2.24, 2.45) is 5.92 Å². The molecule has 4 aromatic rings. The van der Waals surface area contributed by atoms with Gasteiger partial charge in [-0.1, -0.05) is 39.8 Å². The molecule has 1 atom stereocenters. The standard InChI is InChI=1S/C29H31N3O3S/c1-5-19(4)21-11-14-26-25(16-21)31-28(35-26)20-9-12-23(13-10-20)30-29(36)32-27(33)22-7-6-8-24(15-22)34-17-18(2)3/h6-16,18-19H,5,17H2,1-4H3,(H2,30,32,33,36). The van der Waals surface area contributed by atoms with Gasteiger partial charge in [-0.25, -0.2) is 4.98 Å². The maximum absolute atomic E-state index is 12.6. The van der Waals surface area contributed by atoms with Gasteiger partial charge in [-0.3, -0.25) is 10.1 Å². The molecule has 1 unspecified atom stereocenters. The molecule has 0 radical (unpaired) electrons. The largest absolute Gasteiger partial charge is 0.493 e. The van der Waals surface area contributed by atoms with E-state index in [1.165, 1.54) is 5.56 Å². The zero-order valence-corrected chi connectivity index (χ0v) is 21.8. The number of carbonyl (C=O) groups is 1. The Morgan fingerprint density at radius 3 is 2.56 bits per heavy atom. The van der Waals surface area contributed by atoms with Gasteiger partial charge in [-0.15, -0.1) is 0 Å². The van der Waals surface area contributed by atoms with Crippen molar-refractivity contribution < 1.29 is 13.9 Å². The Morgan fingerprint density at radius 1 is 1.06 bits per heavy atom. The van der Waals surface area contributed by atoms with E-state index in [0.29, 0.717) is 35.6 Å². The second kappa shape index (κ2) is 11.4. The number of oxazole rings is 1. The van der Waals surface area contributed by atoms with Gasteiger partial charge in [0.2, 0.25) is 5.89 Å². The zero-order valence-electron chi connectivity index (χ0n) is 21.0. The normalized spacial score (nSPS) is 11.9. The van der Waals surface area contributed by atoms with Gasteiger partial charge in [0.15, 0.2) is 10.7 Å². The number of carbonyl (C=O) groups excluding carboxylic acids is 1. The molecule has 0 saturated heterocycles. The lowest BCUT2D eigenvalue weighted by atomic mass is 9.98. The molecule has 0 aliphatic carbocycles. The van der Waals surface area contributed by atoms with Gasteiger partial charge >= 0.3 is 0 Å². The molecule has 4 rings (SSSR count). The summed E-state index contributed by atoms with van der Waals surface area (Å²) in [4.78, 5) is 17.3. The maximum atomic E-state index is 12.6. The van der Waals surface area contributed by atoms with Crippen molar-refractivity contribution in [1.29, 1.82) is 0 Å². The quantitative estimate of drug-likeness (QED) is 0.249. The van der Waals surface area contributed by atoms with E-state index in [4.69, 9.17) is 21.4 Å². The van der Waals surface area contributed by atoms with Crippen LogP contribution in [0.3, 0.4) is 0 Å². The number of nitrogens with zero attached hydrogens (tertiary/aromatic N) is 1. The molecule has 0 saturated carbocycles. The Labute approximate surface area is 217 Å². The van der Waals surface area contributed by atoms with E-state index in [9.17, 15) is 4.79 Å². The van der Waals surface area contributed by atoms with E-state index >= 15 is 0 Å². The van der Waals surface area contributed by atoms with Gasteiger partial charge in [0, 0.05) is 16.8 Å². The minimum atomic E-state index is -0.303. The fraction of sp³-hybridized carbons (Fsp3) is 0.276. The smallest absolute Gasteiger partial charge is 0.257 e. The van der Waals surface area contributed by atoms with E-state index < -0.39 is 0 Å². The van der Waals surface area contributed by atoms with E-state index in [-0.39, 0.29) is 11.0 Å². The number of ether oxygens (including phenoxy) is 1. The average Bonchev–Trinajstić information content (AvgIpc) is 3.31. The van der Waals surface area contributed by atoms with E-state index in [1.54, 1.807) is 18.2 Å². The second-order valence-electron chi connectivity index (χ2n) is 9.27. The van der Waals surface area contributed by atoms with Crippen LogP contribution >= 0.6 is 12.2 Å². The lowest BCUT2D eigenvalue weighted by Gasteiger charge is -2.12. The fourth-order valence-corrected chi connectivity index (χ4v) is 3.84. The number of anilines is 1. The molecule has 186 valence electrons. The zero-order chi connectivity index (χ0) is 25.7. The van der Waals surface area contributed by atoms with Gasteiger partial charge in [0.05, 0.1) is 6.61 Å². The van der Waals surface area contributed by atoms with Crippen LogP contribution < -0.4 is 15.4 Å². The molecule has 7 heteroatoms. The summed E-state index contributed by atoms with van der Waals surface area (Å²) in [6.07, 6.45) is 1.08. The summed E-state index contributed by atoms with van der Waals surface area (Å²) < 4.78 is 11.7. The van der Waals surface area contributed by atoms with Crippen LogP contribution in [0.1, 0.15) is 56.0 Å². The summed E-state index contributed by atoms with van der Waals surface area (Å²) in [5, 5.41) is 5.97. The van der Waals surface area contributed by atoms with Crippen molar-refractivity contribution >= 4 is 40.0 Å². The highest BCUT2D eigenvalue weighted by molar-refractivity contribution is 7.80. The number of thiocarbonyl (C=S) groups is 1. The van der Waals surface area contributed by atoms with E-state index in [1.807, 2.05) is 36.4 Å². The van der Waals surface area contributed by atoms with Crippen LogP contribution in [-0.4, -0.2) is 22.6 Å². The monoisotopic (exact) mass is 501 g/mol. The van der Waals surface area contributed by atoms with Crippen molar-refractivity contribution in [1.82, 2.24) is 10.3 Å². The Hall–Kier alpha value is -3.71.